The Morgan fingerprint density at radius 2 is 2.00 bits per heavy atom. The van der Waals surface area contributed by atoms with Crippen molar-refractivity contribution in [1.82, 2.24) is 9.62 Å². The Hall–Kier alpha value is -1.47. The number of carbonyl (C=O) groups is 1. The van der Waals surface area contributed by atoms with Crippen LogP contribution in [0.4, 0.5) is 4.39 Å². The molecule has 1 atom stereocenters. The van der Waals surface area contributed by atoms with E-state index in [1.807, 2.05) is 0 Å². The van der Waals surface area contributed by atoms with Crippen molar-refractivity contribution in [2.75, 3.05) is 13.1 Å². The third-order valence-corrected chi connectivity index (χ3v) is 5.18. The van der Waals surface area contributed by atoms with Crippen LogP contribution in [0.5, 0.6) is 0 Å². The fraction of sp³-hybridized carbons (Fsp3) is 0.462. The number of benzene rings is 1. The second-order valence-corrected chi connectivity index (χ2v) is 6.89. The van der Waals surface area contributed by atoms with Crippen molar-refractivity contribution in [3.8, 4) is 0 Å². The normalized spacial score (nSPS) is 21.0. The number of sulfonamides is 1. The van der Waals surface area contributed by atoms with Gasteiger partial charge in [0, 0.05) is 13.1 Å². The van der Waals surface area contributed by atoms with Crippen molar-refractivity contribution >= 4 is 15.9 Å². The Kier molecular flexibility index (Phi) is 4.10. The van der Waals surface area contributed by atoms with E-state index in [0.717, 1.165) is 10.4 Å². The van der Waals surface area contributed by atoms with Gasteiger partial charge >= 0.3 is 0 Å². The van der Waals surface area contributed by atoms with Crippen molar-refractivity contribution in [3.63, 3.8) is 0 Å². The van der Waals surface area contributed by atoms with Crippen LogP contribution < -0.4 is 5.32 Å². The van der Waals surface area contributed by atoms with Crippen LogP contribution in [0, 0.1) is 11.7 Å². The highest BCUT2D eigenvalue weighted by Gasteiger charge is 2.40. The maximum atomic E-state index is 13.8. The third-order valence-electron chi connectivity index (χ3n) is 3.27. The number of nitrogens with zero attached hydrogens (tertiary/aromatic N) is 1. The standard InChI is InChI=1S/C13H17FN2O3S/c1-9(2)12-13(17)15-7-8-16(12)20(18,19)11-6-4-3-5-10(11)14/h3-6,9,12H,7-8H2,1-2H3,(H,15,17). The van der Waals surface area contributed by atoms with Gasteiger partial charge in [0.1, 0.15) is 16.8 Å². The van der Waals surface area contributed by atoms with Crippen LogP contribution >= 0.6 is 0 Å². The monoisotopic (exact) mass is 300 g/mol. The van der Waals surface area contributed by atoms with Crippen molar-refractivity contribution < 1.29 is 17.6 Å². The van der Waals surface area contributed by atoms with Gasteiger partial charge in [-0.15, -0.1) is 0 Å². The molecule has 1 fully saturated rings. The van der Waals surface area contributed by atoms with Crippen LogP contribution in [0.3, 0.4) is 0 Å². The van der Waals surface area contributed by atoms with Crippen molar-refractivity contribution in [3.05, 3.63) is 30.1 Å². The number of nitrogens with one attached hydrogen (secondary N) is 1. The minimum absolute atomic E-state index is 0.144. The highest BCUT2D eigenvalue weighted by Crippen LogP contribution is 2.25. The molecule has 0 saturated carbocycles. The van der Waals surface area contributed by atoms with E-state index in [1.54, 1.807) is 13.8 Å². The van der Waals surface area contributed by atoms with Gasteiger partial charge in [-0.05, 0) is 18.1 Å². The summed E-state index contributed by atoms with van der Waals surface area (Å²) in [4.78, 5) is 11.5. The molecule has 0 aromatic heterocycles. The summed E-state index contributed by atoms with van der Waals surface area (Å²) in [6, 6.07) is 4.39. The summed E-state index contributed by atoms with van der Waals surface area (Å²) in [6.45, 7) is 3.90. The average Bonchev–Trinajstić information content (AvgIpc) is 2.38. The molecule has 20 heavy (non-hydrogen) atoms. The van der Waals surface area contributed by atoms with Gasteiger partial charge in [-0.1, -0.05) is 26.0 Å². The Morgan fingerprint density at radius 1 is 1.35 bits per heavy atom. The molecule has 1 heterocycles. The molecule has 1 aromatic carbocycles. The number of amides is 1. The van der Waals surface area contributed by atoms with E-state index in [2.05, 4.69) is 5.32 Å². The number of hydrogen-bond donors (Lipinski definition) is 1. The van der Waals surface area contributed by atoms with Gasteiger partial charge in [0.25, 0.3) is 0 Å². The molecule has 1 N–H and O–H groups in total. The summed E-state index contributed by atoms with van der Waals surface area (Å²) in [7, 11) is -4.02. The lowest BCUT2D eigenvalue weighted by atomic mass is 10.0. The molecule has 7 heteroatoms. The molecular weight excluding hydrogens is 283 g/mol. The molecule has 0 bridgehead atoms. The van der Waals surface area contributed by atoms with Crippen LogP contribution in [-0.2, 0) is 14.8 Å². The first-order chi connectivity index (χ1) is 9.35. The van der Waals surface area contributed by atoms with Gasteiger partial charge < -0.3 is 5.32 Å². The molecule has 1 aliphatic rings. The van der Waals surface area contributed by atoms with E-state index in [0.29, 0.717) is 0 Å². The summed E-state index contributed by atoms with van der Waals surface area (Å²) in [6.07, 6.45) is 0. The van der Waals surface area contributed by atoms with Gasteiger partial charge in [-0.2, -0.15) is 4.31 Å². The highest BCUT2D eigenvalue weighted by atomic mass is 32.2. The summed E-state index contributed by atoms with van der Waals surface area (Å²) >= 11 is 0. The molecule has 0 aliphatic carbocycles. The third kappa shape index (κ3) is 2.55. The van der Waals surface area contributed by atoms with Crippen LogP contribution in [0.15, 0.2) is 29.2 Å². The Morgan fingerprint density at radius 3 is 2.60 bits per heavy atom. The first kappa shape index (κ1) is 14.9. The smallest absolute Gasteiger partial charge is 0.246 e. The van der Waals surface area contributed by atoms with Crippen LogP contribution in [0.1, 0.15) is 13.8 Å². The summed E-state index contributed by atoms with van der Waals surface area (Å²) in [5, 5.41) is 2.64. The molecule has 110 valence electrons. The summed E-state index contributed by atoms with van der Waals surface area (Å²) in [5.41, 5.74) is 0. The van der Waals surface area contributed by atoms with E-state index >= 15 is 0 Å². The Balaban J connectivity index is 2.47. The number of rotatable bonds is 3. The highest BCUT2D eigenvalue weighted by molar-refractivity contribution is 7.89. The summed E-state index contributed by atoms with van der Waals surface area (Å²) in [5.74, 6) is -1.34. The number of carbonyl (C=O) groups excluding carboxylic acids is 1. The molecule has 1 aromatic rings. The molecule has 1 amide bonds. The second-order valence-electron chi connectivity index (χ2n) is 5.03. The van der Waals surface area contributed by atoms with Crippen molar-refractivity contribution in [2.24, 2.45) is 5.92 Å². The molecule has 1 saturated heterocycles. The molecule has 0 radical (unpaired) electrons. The predicted octanol–water partition coefficient (Wildman–Crippen LogP) is 0.971. The van der Waals surface area contributed by atoms with Crippen molar-refractivity contribution in [1.29, 1.82) is 0 Å². The van der Waals surface area contributed by atoms with Crippen molar-refractivity contribution in [2.45, 2.75) is 24.8 Å². The topological polar surface area (TPSA) is 66.5 Å². The van der Waals surface area contributed by atoms with Gasteiger partial charge in [-0.3, -0.25) is 4.79 Å². The lowest BCUT2D eigenvalue weighted by Gasteiger charge is -2.36. The molecule has 0 spiro atoms. The molecular formula is C13H17FN2O3S. The Labute approximate surface area is 117 Å². The maximum Gasteiger partial charge on any atom is 0.246 e. The molecule has 1 unspecified atom stereocenters. The van der Waals surface area contributed by atoms with Gasteiger partial charge in [-0.25, -0.2) is 12.8 Å². The minimum atomic E-state index is -4.02. The minimum Gasteiger partial charge on any atom is -0.353 e. The maximum absolute atomic E-state index is 13.8. The zero-order chi connectivity index (χ0) is 14.9. The predicted molar refractivity (Wildman–Crippen MR) is 71.9 cm³/mol. The average molecular weight is 300 g/mol. The largest absolute Gasteiger partial charge is 0.353 e. The van der Waals surface area contributed by atoms with Crippen LogP contribution in [0.2, 0.25) is 0 Å². The first-order valence-corrected chi connectivity index (χ1v) is 7.84. The lowest BCUT2D eigenvalue weighted by Crippen LogP contribution is -2.59. The first-order valence-electron chi connectivity index (χ1n) is 6.40. The fourth-order valence-corrected chi connectivity index (χ4v) is 4.14. The number of halogens is 1. The van der Waals surface area contributed by atoms with Crippen LogP contribution in [0.25, 0.3) is 0 Å². The van der Waals surface area contributed by atoms with Gasteiger partial charge in [0.15, 0.2) is 0 Å². The van der Waals surface area contributed by atoms with E-state index < -0.39 is 21.9 Å². The summed E-state index contributed by atoms with van der Waals surface area (Å²) < 4.78 is 40.0. The number of piperazine rings is 1. The molecule has 2 rings (SSSR count). The van der Waals surface area contributed by atoms with Gasteiger partial charge in [0.05, 0.1) is 0 Å². The van der Waals surface area contributed by atoms with E-state index in [9.17, 15) is 17.6 Å². The quantitative estimate of drug-likeness (QED) is 0.904. The van der Waals surface area contributed by atoms with E-state index in [1.165, 1.54) is 18.2 Å². The van der Waals surface area contributed by atoms with E-state index in [4.69, 9.17) is 0 Å². The Bertz CT molecular complexity index is 616. The van der Waals surface area contributed by atoms with Gasteiger partial charge in [0.2, 0.25) is 15.9 Å². The molecule has 1 aliphatic heterocycles. The van der Waals surface area contributed by atoms with Crippen LogP contribution in [-0.4, -0.2) is 37.8 Å². The number of hydrogen-bond acceptors (Lipinski definition) is 3. The molecule has 5 nitrogen and oxygen atoms in total. The lowest BCUT2D eigenvalue weighted by molar-refractivity contribution is -0.128. The second kappa shape index (κ2) is 5.49. The van der Waals surface area contributed by atoms with E-state index in [-0.39, 0.29) is 29.8 Å². The zero-order valence-electron chi connectivity index (χ0n) is 11.3. The zero-order valence-corrected chi connectivity index (χ0v) is 12.2. The SMILES string of the molecule is CC(C)C1C(=O)NCCN1S(=O)(=O)c1ccccc1F. The fourth-order valence-electron chi connectivity index (χ4n) is 2.35.